The van der Waals surface area contributed by atoms with Gasteiger partial charge in [-0.25, -0.2) is 4.39 Å². The van der Waals surface area contributed by atoms with Gasteiger partial charge in [0, 0.05) is 11.3 Å². The van der Waals surface area contributed by atoms with Gasteiger partial charge in [0.05, 0.1) is 5.56 Å². The Bertz CT molecular complexity index is 555. The van der Waals surface area contributed by atoms with E-state index in [0.717, 1.165) is 18.2 Å². The molecule has 0 unspecified atom stereocenters. The Morgan fingerprint density at radius 1 is 0.944 bits per heavy atom. The summed E-state index contributed by atoms with van der Waals surface area (Å²) in [4.78, 5) is 0. The fraction of sp³-hybridized carbons (Fsp3) is 0.0769. The van der Waals surface area contributed by atoms with Gasteiger partial charge in [0.25, 0.3) is 0 Å². The van der Waals surface area contributed by atoms with Gasteiger partial charge in [-0.3, -0.25) is 0 Å². The number of hydrogen-bond acceptors (Lipinski definition) is 1. The van der Waals surface area contributed by atoms with Crippen LogP contribution in [0.25, 0.3) is 11.1 Å². The fourth-order valence-electron chi connectivity index (χ4n) is 1.70. The highest BCUT2D eigenvalue weighted by Gasteiger charge is 2.30. The Kier molecular flexibility index (Phi) is 2.98. The molecule has 2 N–H and O–H groups in total. The molecule has 2 aromatic rings. The second kappa shape index (κ2) is 4.33. The highest BCUT2D eigenvalue weighted by Crippen LogP contribution is 2.34. The van der Waals surface area contributed by atoms with Crippen LogP contribution in [-0.4, -0.2) is 0 Å². The number of nitrogens with two attached hydrogens (primary N) is 1. The highest BCUT2D eigenvalue weighted by atomic mass is 19.4. The molecule has 18 heavy (non-hydrogen) atoms. The number of halogens is 4. The molecule has 0 spiro atoms. The van der Waals surface area contributed by atoms with Crippen LogP contribution in [0.1, 0.15) is 5.56 Å². The second-order valence-electron chi connectivity index (χ2n) is 3.78. The smallest absolute Gasteiger partial charge is 0.398 e. The molecule has 0 heterocycles. The molecule has 2 aromatic carbocycles. The molecule has 94 valence electrons. The second-order valence-corrected chi connectivity index (χ2v) is 3.78. The zero-order valence-electron chi connectivity index (χ0n) is 9.13. The Morgan fingerprint density at radius 3 is 2.22 bits per heavy atom. The van der Waals surface area contributed by atoms with Crippen LogP contribution in [-0.2, 0) is 6.18 Å². The minimum atomic E-state index is -4.46. The summed E-state index contributed by atoms with van der Waals surface area (Å²) in [7, 11) is 0. The summed E-state index contributed by atoms with van der Waals surface area (Å²) < 4.78 is 51.3. The molecule has 0 radical (unpaired) electrons. The van der Waals surface area contributed by atoms with E-state index >= 15 is 0 Å². The maximum absolute atomic E-state index is 13.6. The normalized spacial score (nSPS) is 11.6. The van der Waals surface area contributed by atoms with Gasteiger partial charge in [-0.1, -0.05) is 18.2 Å². The van der Waals surface area contributed by atoms with Crippen molar-refractivity contribution >= 4 is 5.69 Å². The summed E-state index contributed by atoms with van der Waals surface area (Å²) in [6, 6.07) is 8.44. The van der Waals surface area contributed by atoms with Crippen molar-refractivity contribution in [2.24, 2.45) is 0 Å². The first-order valence-electron chi connectivity index (χ1n) is 5.11. The van der Waals surface area contributed by atoms with Crippen LogP contribution >= 0.6 is 0 Å². The standard InChI is InChI=1S/C13H9F4N/c14-10-5-2-6-11(18)12(10)8-3-1-4-9(7-8)13(15,16)17/h1-7H,18H2. The third kappa shape index (κ3) is 2.30. The van der Waals surface area contributed by atoms with Crippen LogP contribution in [0.3, 0.4) is 0 Å². The molecule has 0 saturated heterocycles. The minimum Gasteiger partial charge on any atom is -0.398 e. The molecule has 0 aliphatic rings. The van der Waals surface area contributed by atoms with Crippen LogP contribution in [0, 0.1) is 5.82 Å². The van der Waals surface area contributed by atoms with Crippen LogP contribution in [0.5, 0.6) is 0 Å². The van der Waals surface area contributed by atoms with Crippen molar-refractivity contribution < 1.29 is 17.6 Å². The summed E-state index contributed by atoms with van der Waals surface area (Å²) in [6.07, 6.45) is -4.46. The summed E-state index contributed by atoms with van der Waals surface area (Å²) in [5.74, 6) is -0.644. The first-order valence-corrected chi connectivity index (χ1v) is 5.11. The molecule has 0 aromatic heterocycles. The lowest BCUT2D eigenvalue weighted by Crippen LogP contribution is -2.05. The van der Waals surface area contributed by atoms with E-state index in [2.05, 4.69) is 0 Å². The maximum atomic E-state index is 13.6. The lowest BCUT2D eigenvalue weighted by atomic mass is 10.0. The quantitative estimate of drug-likeness (QED) is 0.602. The number of nitrogen functional groups attached to an aromatic ring is 1. The molecular weight excluding hydrogens is 246 g/mol. The topological polar surface area (TPSA) is 26.0 Å². The van der Waals surface area contributed by atoms with Crippen LogP contribution < -0.4 is 5.73 Å². The maximum Gasteiger partial charge on any atom is 0.416 e. The van der Waals surface area contributed by atoms with E-state index in [1.165, 1.54) is 24.3 Å². The molecule has 0 fully saturated rings. The molecule has 1 nitrogen and oxygen atoms in total. The Balaban J connectivity index is 2.59. The van der Waals surface area contributed by atoms with E-state index in [1.807, 2.05) is 0 Å². The van der Waals surface area contributed by atoms with Gasteiger partial charge >= 0.3 is 6.18 Å². The van der Waals surface area contributed by atoms with Crippen molar-refractivity contribution in [3.63, 3.8) is 0 Å². The fourth-order valence-corrected chi connectivity index (χ4v) is 1.70. The Labute approximate surface area is 101 Å². The molecule has 5 heteroatoms. The predicted molar refractivity (Wildman–Crippen MR) is 61.3 cm³/mol. The predicted octanol–water partition coefficient (Wildman–Crippen LogP) is 4.09. The number of rotatable bonds is 1. The molecule has 0 saturated carbocycles. The summed E-state index contributed by atoms with van der Waals surface area (Å²) in [6.45, 7) is 0. The largest absolute Gasteiger partial charge is 0.416 e. The number of hydrogen-bond donors (Lipinski definition) is 1. The number of alkyl halides is 3. The molecule has 0 bridgehead atoms. The summed E-state index contributed by atoms with van der Waals surface area (Å²) in [5.41, 5.74) is 4.97. The zero-order valence-corrected chi connectivity index (χ0v) is 9.13. The molecule has 0 aliphatic carbocycles. The minimum absolute atomic E-state index is 0.0106. The van der Waals surface area contributed by atoms with Gasteiger partial charge in [-0.05, 0) is 29.8 Å². The van der Waals surface area contributed by atoms with E-state index in [9.17, 15) is 17.6 Å². The van der Waals surface area contributed by atoms with Crippen molar-refractivity contribution in [1.82, 2.24) is 0 Å². The van der Waals surface area contributed by atoms with Crippen molar-refractivity contribution in [1.29, 1.82) is 0 Å². The lowest BCUT2D eigenvalue weighted by molar-refractivity contribution is -0.137. The first-order chi connectivity index (χ1) is 8.39. The van der Waals surface area contributed by atoms with Crippen molar-refractivity contribution in [2.45, 2.75) is 6.18 Å². The van der Waals surface area contributed by atoms with Crippen LogP contribution in [0.15, 0.2) is 42.5 Å². The van der Waals surface area contributed by atoms with Gasteiger partial charge < -0.3 is 5.73 Å². The molecule has 0 amide bonds. The molecule has 2 rings (SSSR count). The number of benzene rings is 2. The van der Waals surface area contributed by atoms with E-state index in [0.29, 0.717) is 0 Å². The van der Waals surface area contributed by atoms with E-state index in [-0.39, 0.29) is 16.8 Å². The van der Waals surface area contributed by atoms with Gasteiger partial charge in [-0.15, -0.1) is 0 Å². The third-order valence-corrected chi connectivity index (χ3v) is 2.52. The van der Waals surface area contributed by atoms with E-state index < -0.39 is 17.6 Å². The summed E-state index contributed by atoms with van der Waals surface area (Å²) in [5, 5.41) is 0. The molecule has 0 atom stereocenters. The first kappa shape index (κ1) is 12.4. The van der Waals surface area contributed by atoms with Gasteiger partial charge in [0.2, 0.25) is 0 Å². The van der Waals surface area contributed by atoms with Gasteiger partial charge in [0.15, 0.2) is 0 Å². The Hall–Kier alpha value is -2.04. The van der Waals surface area contributed by atoms with Crippen molar-refractivity contribution in [2.75, 3.05) is 5.73 Å². The SMILES string of the molecule is Nc1cccc(F)c1-c1cccc(C(F)(F)F)c1. The average Bonchev–Trinajstić information content (AvgIpc) is 2.28. The van der Waals surface area contributed by atoms with Crippen molar-refractivity contribution in [3.8, 4) is 11.1 Å². The van der Waals surface area contributed by atoms with Crippen LogP contribution in [0.2, 0.25) is 0 Å². The Morgan fingerprint density at radius 2 is 1.61 bits per heavy atom. The molecular formula is C13H9F4N. The average molecular weight is 255 g/mol. The lowest BCUT2D eigenvalue weighted by Gasteiger charge is -2.11. The monoisotopic (exact) mass is 255 g/mol. The van der Waals surface area contributed by atoms with Crippen LogP contribution in [0.4, 0.5) is 23.2 Å². The van der Waals surface area contributed by atoms with Gasteiger partial charge in [-0.2, -0.15) is 13.2 Å². The van der Waals surface area contributed by atoms with Crippen molar-refractivity contribution in [3.05, 3.63) is 53.8 Å². The zero-order chi connectivity index (χ0) is 13.3. The van der Waals surface area contributed by atoms with E-state index in [1.54, 1.807) is 0 Å². The van der Waals surface area contributed by atoms with E-state index in [4.69, 9.17) is 5.73 Å². The summed E-state index contributed by atoms with van der Waals surface area (Å²) >= 11 is 0. The highest BCUT2D eigenvalue weighted by molar-refractivity contribution is 5.77. The third-order valence-electron chi connectivity index (χ3n) is 2.52. The molecule has 0 aliphatic heterocycles. The number of anilines is 1. The van der Waals surface area contributed by atoms with Gasteiger partial charge in [0.1, 0.15) is 5.82 Å².